The van der Waals surface area contributed by atoms with Crippen molar-refractivity contribution in [1.29, 1.82) is 0 Å². The molecule has 246 valence electrons. The lowest BCUT2D eigenvalue weighted by Gasteiger charge is -2.43. The number of methoxy groups -OCH3 is 1. The topological polar surface area (TPSA) is 81.2 Å². The number of benzene rings is 2. The molecule has 0 unspecified atom stereocenters. The number of hydrogen-bond donors (Lipinski definition) is 0. The zero-order chi connectivity index (χ0) is 31.8. The van der Waals surface area contributed by atoms with Crippen LogP contribution in [0.5, 0.6) is 0 Å². The average molecular weight is 637 g/mol. The van der Waals surface area contributed by atoms with E-state index in [1.807, 2.05) is 12.3 Å². The van der Waals surface area contributed by atoms with Crippen LogP contribution in [0.4, 0.5) is 0 Å². The summed E-state index contributed by atoms with van der Waals surface area (Å²) in [5, 5.41) is 2.46. The summed E-state index contributed by atoms with van der Waals surface area (Å²) in [5.41, 5.74) is 0.936. The van der Waals surface area contributed by atoms with E-state index in [-0.39, 0.29) is 11.1 Å². The van der Waals surface area contributed by atoms with Crippen molar-refractivity contribution in [3.63, 3.8) is 0 Å². The maximum atomic E-state index is 7.12. The van der Waals surface area contributed by atoms with Gasteiger partial charge in [-0.2, -0.15) is 0 Å². The third kappa shape index (κ3) is 10.5. The van der Waals surface area contributed by atoms with Gasteiger partial charge in [-0.25, -0.2) is 9.97 Å². The van der Waals surface area contributed by atoms with E-state index in [4.69, 9.17) is 38.1 Å². The molecular formula is C36H52N2O6Si. The largest absolute Gasteiger partial charge is 0.401 e. The van der Waals surface area contributed by atoms with E-state index in [2.05, 4.69) is 81.4 Å². The summed E-state index contributed by atoms with van der Waals surface area (Å²) >= 11 is 0. The molecule has 1 aliphatic carbocycles. The van der Waals surface area contributed by atoms with Crippen molar-refractivity contribution in [2.24, 2.45) is 0 Å². The smallest absolute Gasteiger partial charge is 0.261 e. The van der Waals surface area contributed by atoms with Crippen molar-refractivity contribution in [2.45, 2.75) is 70.1 Å². The Labute approximate surface area is 270 Å². The van der Waals surface area contributed by atoms with Crippen LogP contribution < -0.4 is 10.4 Å². The standard InChI is InChI=1S/C36H52N2O6Si/c1-36(2,3)45(33-11-7-5-8-12-33,34-13-9-6-10-14-34)44-29-31-19-20-37-35(38-31)30-15-17-32(18-16-30)43-28-27-42-26-25-41-24-23-40-22-21-39-4/h5-14,19-20,30,32H,15-18,21-29H2,1-4H3/t30-,32-. The highest BCUT2D eigenvalue weighted by Gasteiger charge is 2.50. The molecule has 0 atom stereocenters. The molecule has 1 fully saturated rings. The average Bonchev–Trinajstić information content (AvgIpc) is 3.06. The predicted molar refractivity (Wildman–Crippen MR) is 180 cm³/mol. The van der Waals surface area contributed by atoms with Gasteiger partial charge in [0.2, 0.25) is 0 Å². The lowest BCUT2D eigenvalue weighted by atomic mass is 9.87. The minimum atomic E-state index is -2.63. The van der Waals surface area contributed by atoms with Crippen molar-refractivity contribution in [3.8, 4) is 0 Å². The fourth-order valence-corrected chi connectivity index (χ4v) is 10.6. The van der Waals surface area contributed by atoms with Crippen LogP contribution in [0.3, 0.4) is 0 Å². The SMILES string of the molecule is COCCOCCOCCOCCO[C@H]1CC[C@H](c2nccc(CO[Si](c3ccccc3)(c3ccccc3)C(C)(C)C)n2)CC1. The van der Waals surface area contributed by atoms with E-state index in [1.165, 1.54) is 10.4 Å². The maximum absolute atomic E-state index is 7.12. The monoisotopic (exact) mass is 636 g/mol. The van der Waals surface area contributed by atoms with Crippen molar-refractivity contribution in [2.75, 3.05) is 60.0 Å². The molecule has 2 aromatic carbocycles. The molecule has 0 saturated heterocycles. The minimum absolute atomic E-state index is 0.0811. The molecule has 1 aliphatic rings. The van der Waals surface area contributed by atoms with Crippen molar-refractivity contribution in [3.05, 3.63) is 84.4 Å². The third-order valence-corrected chi connectivity index (χ3v) is 13.4. The lowest BCUT2D eigenvalue weighted by Crippen LogP contribution is -2.66. The maximum Gasteiger partial charge on any atom is 0.261 e. The van der Waals surface area contributed by atoms with Crippen LogP contribution in [0.2, 0.25) is 5.04 Å². The second-order valence-electron chi connectivity index (χ2n) is 12.5. The van der Waals surface area contributed by atoms with Crippen LogP contribution in [-0.4, -0.2) is 84.4 Å². The van der Waals surface area contributed by atoms with Crippen molar-refractivity contribution < 1.29 is 28.1 Å². The molecule has 4 rings (SSSR count). The van der Waals surface area contributed by atoms with Gasteiger partial charge in [0.25, 0.3) is 8.32 Å². The first-order chi connectivity index (χ1) is 21.9. The van der Waals surface area contributed by atoms with Gasteiger partial charge < -0.3 is 28.1 Å². The molecule has 9 heteroatoms. The van der Waals surface area contributed by atoms with Gasteiger partial charge in [-0.05, 0) is 47.2 Å². The van der Waals surface area contributed by atoms with Crippen LogP contribution >= 0.6 is 0 Å². The molecular weight excluding hydrogens is 584 g/mol. The number of rotatable bonds is 19. The lowest BCUT2D eigenvalue weighted by molar-refractivity contribution is -0.0299. The van der Waals surface area contributed by atoms with Gasteiger partial charge in [-0.1, -0.05) is 81.4 Å². The van der Waals surface area contributed by atoms with Gasteiger partial charge in [0.1, 0.15) is 5.82 Å². The summed E-state index contributed by atoms with van der Waals surface area (Å²) in [5.74, 6) is 1.26. The Morgan fingerprint density at radius 3 is 1.76 bits per heavy atom. The molecule has 0 spiro atoms. The summed E-state index contributed by atoms with van der Waals surface area (Å²) in [6.07, 6.45) is 6.19. The van der Waals surface area contributed by atoms with Gasteiger partial charge in [-0.3, -0.25) is 0 Å². The van der Waals surface area contributed by atoms with Crippen molar-refractivity contribution in [1.82, 2.24) is 9.97 Å². The highest BCUT2D eigenvalue weighted by Crippen LogP contribution is 2.37. The Balaban J connectivity index is 1.24. The molecule has 0 aliphatic heterocycles. The van der Waals surface area contributed by atoms with Gasteiger partial charge in [0.15, 0.2) is 0 Å². The minimum Gasteiger partial charge on any atom is -0.401 e. The molecule has 1 aromatic heterocycles. The second kappa shape index (κ2) is 18.6. The first kappa shape index (κ1) is 35.4. The molecule has 8 nitrogen and oxygen atoms in total. The molecule has 3 aromatic rings. The predicted octanol–water partition coefficient (Wildman–Crippen LogP) is 5.29. The Morgan fingerprint density at radius 2 is 1.22 bits per heavy atom. The van der Waals surface area contributed by atoms with Gasteiger partial charge in [0, 0.05) is 19.2 Å². The zero-order valence-electron chi connectivity index (χ0n) is 27.6. The first-order valence-corrected chi connectivity index (χ1v) is 18.3. The summed E-state index contributed by atoms with van der Waals surface area (Å²) in [6.45, 7) is 12.0. The first-order valence-electron chi connectivity index (χ1n) is 16.3. The quantitative estimate of drug-likeness (QED) is 0.130. The third-order valence-electron chi connectivity index (χ3n) is 8.38. The molecule has 0 bridgehead atoms. The number of aromatic nitrogens is 2. The van der Waals surface area contributed by atoms with E-state index in [9.17, 15) is 0 Å². The zero-order valence-corrected chi connectivity index (χ0v) is 28.6. The molecule has 0 radical (unpaired) electrons. The van der Waals surface area contributed by atoms with Crippen LogP contribution in [0.25, 0.3) is 0 Å². The van der Waals surface area contributed by atoms with E-state index < -0.39 is 8.32 Å². The number of ether oxygens (including phenoxy) is 5. The highest BCUT2D eigenvalue weighted by atomic mass is 28.4. The highest BCUT2D eigenvalue weighted by molar-refractivity contribution is 6.99. The van der Waals surface area contributed by atoms with Crippen LogP contribution in [-0.2, 0) is 34.7 Å². The Morgan fingerprint density at radius 1 is 0.689 bits per heavy atom. The van der Waals surface area contributed by atoms with Crippen LogP contribution in [0.1, 0.15) is 63.9 Å². The Bertz CT molecular complexity index is 1180. The molecule has 0 N–H and O–H groups in total. The van der Waals surface area contributed by atoms with Crippen LogP contribution in [0.15, 0.2) is 72.9 Å². The molecule has 1 saturated carbocycles. The number of nitrogens with zero attached hydrogens (tertiary/aromatic N) is 2. The Hall–Kier alpha value is -2.50. The summed E-state index contributed by atoms with van der Waals surface area (Å²) in [7, 11) is -0.973. The fourth-order valence-electron chi connectivity index (χ4n) is 6.08. The fraction of sp³-hybridized carbons (Fsp3) is 0.556. The van der Waals surface area contributed by atoms with Gasteiger partial charge >= 0.3 is 0 Å². The van der Waals surface area contributed by atoms with Crippen LogP contribution in [0, 0.1) is 0 Å². The molecule has 45 heavy (non-hydrogen) atoms. The molecule has 0 amide bonds. The number of hydrogen-bond acceptors (Lipinski definition) is 8. The summed E-state index contributed by atoms with van der Waals surface area (Å²) < 4.78 is 34.7. The van der Waals surface area contributed by atoms with E-state index in [1.54, 1.807) is 7.11 Å². The normalized spacial score (nSPS) is 17.4. The second-order valence-corrected chi connectivity index (χ2v) is 16.8. The van der Waals surface area contributed by atoms with Crippen molar-refractivity contribution >= 4 is 18.7 Å². The van der Waals surface area contributed by atoms with E-state index in [0.29, 0.717) is 65.4 Å². The molecule has 1 heterocycles. The van der Waals surface area contributed by atoms with E-state index in [0.717, 1.165) is 37.2 Å². The summed E-state index contributed by atoms with van der Waals surface area (Å²) in [6, 6.07) is 23.5. The Kier molecular flexibility index (Phi) is 14.6. The van der Waals surface area contributed by atoms with Gasteiger partial charge in [-0.15, -0.1) is 0 Å². The van der Waals surface area contributed by atoms with E-state index >= 15 is 0 Å². The van der Waals surface area contributed by atoms with Gasteiger partial charge in [0.05, 0.1) is 71.3 Å². The summed E-state index contributed by atoms with van der Waals surface area (Å²) in [4.78, 5) is 9.72.